The molecule has 2 aromatic carbocycles. The molecule has 0 radical (unpaired) electrons. The van der Waals surface area contributed by atoms with Crippen molar-refractivity contribution in [1.29, 1.82) is 0 Å². The van der Waals surface area contributed by atoms with Gasteiger partial charge in [0.05, 0.1) is 17.4 Å². The third kappa shape index (κ3) is 2.70. The Morgan fingerprint density at radius 2 is 1.85 bits per heavy atom. The Kier molecular flexibility index (Phi) is 3.89. The highest BCUT2D eigenvalue weighted by atomic mass is 35.5. The molecule has 0 aliphatic rings. The summed E-state index contributed by atoms with van der Waals surface area (Å²) in [6.07, 6.45) is 0. The van der Waals surface area contributed by atoms with Gasteiger partial charge in [0.15, 0.2) is 0 Å². The molecular weight excluding hydrogens is 352 g/mol. The molecule has 2 aromatic heterocycles. The molecule has 4 rings (SSSR count). The second kappa shape index (κ2) is 6.11. The maximum Gasteiger partial charge on any atom is 0.336 e. The van der Waals surface area contributed by atoms with Crippen molar-refractivity contribution in [2.75, 3.05) is 0 Å². The fourth-order valence-electron chi connectivity index (χ4n) is 3.11. The number of aromatic nitrogens is 2. The van der Waals surface area contributed by atoms with Gasteiger partial charge in [-0.2, -0.15) is 0 Å². The minimum atomic E-state index is -0.464. The van der Waals surface area contributed by atoms with Crippen molar-refractivity contribution >= 4 is 33.5 Å². The lowest BCUT2D eigenvalue weighted by atomic mass is 10.1. The summed E-state index contributed by atoms with van der Waals surface area (Å²) in [5, 5.41) is 1.83. The zero-order chi connectivity index (χ0) is 18.4. The Hall–Kier alpha value is -2.92. The minimum absolute atomic E-state index is 0.146. The van der Waals surface area contributed by atoms with Gasteiger partial charge in [0.2, 0.25) is 0 Å². The van der Waals surface area contributed by atoms with Gasteiger partial charge < -0.3 is 4.42 Å². The van der Waals surface area contributed by atoms with Gasteiger partial charge in [-0.3, -0.25) is 9.36 Å². The van der Waals surface area contributed by atoms with E-state index in [9.17, 15) is 9.59 Å². The molecule has 130 valence electrons. The Labute approximate surface area is 153 Å². The molecule has 26 heavy (non-hydrogen) atoms. The Bertz CT molecular complexity index is 1290. The summed E-state index contributed by atoms with van der Waals surface area (Å²) in [7, 11) is 0. The molecule has 4 aromatic rings. The van der Waals surface area contributed by atoms with Crippen LogP contribution in [0.1, 0.15) is 17.0 Å². The lowest BCUT2D eigenvalue weighted by molar-refractivity contribution is 0.556. The van der Waals surface area contributed by atoms with Crippen LogP contribution in [-0.4, -0.2) is 9.55 Å². The number of aryl methyl sites for hydroxylation is 2. The highest BCUT2D eigenvalue weighted by Crippen LogP contribution is 2.25. The maximum atomic E-state index is 12.9. The van der Waals surface area contributed by atoms with Crippen LogP contribution in [0, 0.1) is 13.8 Å². The number of benzene rings is 2. The van der Waals surface area contributed by atoms with Crippen molar-refractivity contribution in [2.45, 2.75) is 20.4 Å². The van der Waals surface area contributed by atoms with Gasteiger partial charge in [-0.1, -0.05) is 23.7 Å². The van der Waals surface area contributed by atoms with Gasteiger partial charge in [-0.25, -0.2) is 9.78 Å². The Balaban J connectivity index is 1.96. The van der Waals surface area contributed by atoms with E-state index in [1.54, 1.807) is 35.8 Å². The summed E-state index contributed by atoms with van der Waals surface area (Å²) in [4.78, 5) is 29.4. The first-order valence-electron chi connectivity index (χ1n) is 8.13. The van der Waals surface area contributed by atoms with Crippen LogP contribution in [0.2, 0.25) is 5.02 Å². The van der Waals surface area contributed by atoms with Gasteiger partial charge >= 0.3 is 5.63 Å². The van der Waals surface area contributed by atoms with Crippen LogP contribution in [0.25, 0.3) is 21.9 Å². The summed E-state index contributed by atoms with van der Waals surface area (Å²) >= 11 is 6.24. The SMILES string of the molecule is Cc1cc2oc(=O)cc(Cn3c(C)nc4ccccc4c3=O)c2cc1Cl. The molecule has 0 atom stereocenters. The van der Waals surface area contributed by atoms with Crippen molar-refractivity contribution in [3.8, 4) is 0 Å². The molecule has 0 saturated heterocycles. The first kappa shape index (κ1) is 16.5. The van der Waals surface area contributed by atoms with Crippen LogP contribution < -0.4 is 11.2 Å². The third-order valence-electron chi connectivity index (χ3n) is 4.49. The molecule has 0 aliphatic heterocycles. The smallest absolute Gasteiger partial charge is 0.336 e. The van der Waals surface area contributed by atoms with Crippen LogP contribution in [-0.2, 0) is 6.54 Å². The van der Waals surface area contributed by atoms with Crippen LogP contribution >= 0.6 is 11.6 Å². The topological polar surface area (TPSA) is 65.1 Å². The second-order valence-corrected chi connectivity index (χ2v) is 6.66. The molecule has 2 heterocycles. The number of hydrogen-bond donors (Lipinski definition) is 0. The first-order valence-corrected chi connectivity index (χ1v) is 8.51. The number of fused-ring (bicyclic) bond motifs is 2. The molecule has 0 saturated carbocycles. The fraction of sp³-hybridized carbons (Fsp3) is 0.150. The number of para-hydroxylation sites is 1. The molecule has 0 aliphatic carbocycles. The van der Waals surface area contributed by atoms with E-state index in [0.717, 1.165) is 5.56 Å². The molecule has 0 bridgehead atoms. The van der Waals surface area contributed by atoms with Crippen LogP contribution in [0.15, 0.2) is 56.5 Å². The molecule has 5 nitrogen and oxygen atoms in total. The van der Waals surface area contributed by atoms with Crippen molar-refractivity contribution in [2.24, 2.45) is 0 Å². The maximum absolute atomic E-state index is 12.9. The lowest BCUT2D eigenvalue weighted by Gasteiger charge is -2.12. The average molecular weight is 367 g/mol. The molecule has 6 heteroatoms. The van der Waals surface area contributed by atoms with E-state index in [2.05, 4.69) is 4.98 Å². The summed E-state index contributed by atoms with van der Waals surface area (Å²) in [5.74, 6) is 0.577. The number of hydrogen-bond acceptors (Lipinski definition) is 4. The summed E-state index contributed by atoms with van der Waals surface area (Å²) < 4.78 is 6.85. The molecule has 0 fully saturated rings. The first-order chi connectivity index (χ1) is 12.4. The Morgan fingerprint density at radius 1 is 1.08 bits per heavy atom. The predicted octanol–water partition coefficient (Wildman–Crippen LogP) is 3.82. The van der Waals surface area contributed by atoms with Gasteiger partial charge in [0, 0.05) is 16.5 Å². The number of halogens is 1. The molecule has 0 N–H and O–H groups in total. The van der Waals surface area contributed by atoms with E-state index in [4.69, 9.17) is 16.0 Å². The second-order valence-electron chi connectivity index (χ2n) is 6.26. The van der Waals surface area contributed by atoms with E-state index in [0.29, 0.717) is 38.3 Å². The van der Waals surface area contributed by atoms with Crippen molar-refractivity contribution in [1.82, 2.24) is 9.55 Å². The van der Waals surface area contributed by atoms with Gasteiger partial charge in [0.25, 0.3) is 5.56 Å². The van der Waals surface area contributed by atoms with Crippen molar-refractivity contribution in [3.05, 3.63) is 85.2 Å². The van der Waals surface area contributed by atoms with Crippen molar-refractivity contribution < 1.29 is 4.42 Å². The summed E-state index contributed by atoms with van der Waals surface area (Å²) in [6, 6.07) is 12.1. The van der Waals surface area contributed by atoms with E-state index in [1.165, 1.54) is 6.07 Å². The van der Waals surface area contributed by atoms with E-state index in [1.807, 2.05) is 19.1 Å². The third-order valence-corrected chi connectivity index (χ3v) is 4.90. The van der Waals surface area contributed by atoms with E-state index >= 15 is 0 Å². The van der Waals surface area contributed by atoms with E-state index < -0.39 is 5.63 Å². The summed E-state index contributed by atoms with van der Waals surface area (Å²) in [5.41, 5.74) is 1.98. The fourth-order valence-corrected chi connectivity index (χ4v) is 3.28. The monoisotopic (exact) mass is 366 g/mol. The zero-order valence-corrected chi connectivity index (χ0v) is 15.0. The van der Waals surface area contributed by atoms with Crippen molar-refractivity contribution in [3.63, 3.8) is 0 Å². The molecule has 0 unspecified atom stereocenters. The lowest BCUT2D eigenvalue weighted by Crippen LogP contribution is -2.25. The predicted molar refractivity (Wildman–Crippen MR) is 102 cm³/mol. The van der Waals surface area contributed by atoms with Crippen LogP contribution in [0.4, 0.5) is 0 Å². The Morgan fingerprint density at radius 3 is 2.65 bits per heavy atom. The van der Waals surface area contributed by atoms with E-state index in [-0.39, 0.29) is 12.1 Å². The number of rotatable bonds is 2. The van der Waals surface area contributed by atoms with Crippen LogP contribution in [0.3, 0.4) is 0 Å². The largest absolute Gasteiger partial charge is 0.423 e. The molecule has 0 amide bonds. The quantitative estimate of drug-likeness (QED) is 0.506. The normalized spacial score (nSPS) is 11.3. The minimum Gasteiger partial charge on any atom is -0.423 e. The molecular formula is C20H15ClN2O3. The highest BCUT2D eigenvalue weighted by Gasteiger charge is 2.13. The van der Waals surface area contributed by atoms with Crippen LogP contribution in [0.5, 0.6) is 0 Å². The standard InChI is InChI=1S/C20H15ClN2O3/c1-11-7-18-15(9-16(11)21)13(8-19(24)26-18)10-23-12(2)22-17-6-4-3-5-14(17)20(23)25/h3-9H,10H2,1-2H3. The summed E-state index contributed by atoms with van der Waals surface area (Å²) in [6.45, 7) is 3.83. The zero-order valence-electron chi connectivity index (χ0n) is 14.2. The molecule has 0 spiro atoms. The highest BCUT2D eigenvalue weighted by molar-refractivity contribution is 6.32. The average Bonchev–Trinajstić information content (AvgIpc) is 2.60. The number of nitrogens with zero attached hydrogens (tertiary/aromatic N) is 2. The van der Waals surface area contributed by atoms with Gasteiger partial charge in [-0.05, 0) is 49.2 Å². The van der Waals surface area contributed by atoms with Gasteiger partial charge in [-0.15, -0.1) is 0 Å². The van der Waals surface area contributed by atoms with Gasteiger partial charge in [0.1, 0.15) is 11.4 Å².